The number of hydrogen-bond acceptors (Lipinski definition) is 0. The van der Waals surface area contributed by atoms with Gasteiger partial charge in [-0.3, -0.25) is 0 Å². The molecule has 0 aromatic heterocycles. The standard InChI is InChI=1S/C23H18/c1-3-9-18(10-4-1)21-15-22(19-11-5-2-6-12-19)17-23(16-21)20-13-7-8-14-20/h1-7,9-17H,8H2. The van der Waals surface area contributed by atoms with Crippen molar-refractivity contribution in [3.63, 3.8) is 0 Å². The van der Waals surface area contributed by atoms with E-state index in [-0.39, 0.29) is 0 Å². The van der Waals surface area contributed by atoms with Crippen molar-refractivity contribution in [2.75, 3.05) is 0 Å². The molecule has 1 aliphatic rings. The summed E-state index contributed by atoms with van der Waals surface area (Å²) in [4.78, 5) is 0. The molecule has 0 radical (unpaired) electrons. The molecule has 0 aliphatic heterocycles. The highest BCUT2D eigenvalue weighted by molar-refractivity contribution is 5.84. The van der Waals surface area contributed by atoms with Crippen LogP contribution >= 0.6 is 0 Å². The molecule has 3 aromatic rings. The Kier molecular flexibility index (Phi) is 3.65. The van der Waals surface area contributed by atoms with Gasteiger partial charge in [0.05, 0.1) is 0 Å². The molecule has 0 heteroatoms. The lowest BCUT2D eigenvalue weighted by Gasteiger charge is -2.11. The van der Waals surface area contributed by atoms with Crippen LogP contribution in [0.5, 0.6) is 0 Å². The Hall–Kier alpha value is -2.86. The quantitative estimate of drug-likeness (QED) is 0.527. The van der Waals surface area contributed by atoms with E-state index in [1.54, 1.807) is 0 Å². The van der Waals surface area contributed by atoms with Gasteiger partial charge in [0.15, 0.2) is 0 Å². The Morgan fingerprint density at radius 1 is 0.522 bits per heavy atom. The van der Waals surface area contributed by atoms with E-state index in [1.165, 1.54) is 33.4 Å². The molecule has 0 heterocycles. The van der Waals surface area contributed by atoms with Crippen molar-refractivity contribution in [1.29, 1.82) is 0 Å². The molecule has 0 N–H and O–H groups in total. The Balaban J connectivity index is 1.89. The number of hydrogen-bond donors (Lipinski definition) is 0. The van der Waals surface area contributed by atoms with Gasteiger partial charge >= 0.3 is 0 Å². The molecule has 0 saturated heterocycles. The average Bonchev–Trinajstić information content (AvgIpc) is 3.18. The van der Waals surface area contributed by atoms with E-state index in [0.29, 0.717) is 0 Å². The Morgan fingerprint density at radius 3 is 1.52 bits per heavy atom. The maximum absolute atomic E-state index is 2.29. The number of benzene rings is 3. The zero-order chi connectivity index (χ0) is 15.5. The molecule has 0 atom stereocenters. The van der Waals surface area contributed by atoms with Gasteiger partial charge in [0, 0.05) is 0 Å². The number of rotatable bonds is 3. The highest BCUT2D eigenvalue weighted by Gasteiger charge is 2.08. The van der Waals surface area contributed by atoms with Gasteiger partial charge in [0.1, 0.15) is 0 Å². The summed E-state index contributed by atoms with van der Waals surface area (Å²) in [6.45, 7) is 0. The third-order valence-corrected chi connectivity index (χ3v) is 4.25. The van der Waals surface area contributed by atoms with Crippen molar-refractivity contribution in [1.82, 2.24) is 0 Å². The maximum Gasteiger partial charge on any atom is -0.0157 e. The van der Waals surface area contributed by atoms with Crippen molar-refractivity contribution >= 4 is 5.57 Å². The van der Waals surface area contributed by atoms with Crippen molar-refractivity contribution in [3.8, 4) is 22.3 Å². The largest absolute Gasteiger partial charge is 0.0801 e. The van der Waals surface area contributed by atoms with Crippen LogP contribution < -0.4 is 0 Å². The molecule has 0 bridgehead atoms. The van der Waals surface area contributed by atoms with Gasteiger partial charge in [-0.1, -0.05) is 78.9 Å². The van der Waals surface area contributed by atoms with Crippen LogP contribution in [0, 0.1) is 0 Å². The molecule has 0 saturated carbocycles. The first-order valence-electron chi connectivity index (χ1n) is 8.03. The Labute approximate surface area is 137 Å². The molecule has 0 nitrogen and oxygen atoms in total. The van der Waals surface area contributed by atoms with E-state index < -0.39 is 0 Å². The fourth-order valence-electron chi connectivity index (χ4n) is 3.06. The fraction of sp³-hybridized carbons (Fsp3) is 0.0435. The Bertz CT molecular complexity index is 811. The maximum atomic E-state index is 2.29. The third kappa shape index (κ3) is 2.89. The van der Waals surface area contributed by atoms with E-state index in [0.717, 1.165) is 6.42 Å². The van der Waals surface area contributed by atoms with Gasteiger partial charge in [-0.2, -0.15) is 0 Å². The van der Waals surface area contributed by atoms with Crippen LogP contribution in [0.15, 0.2) is 97.1 Å². The first-order valence-corrected chi connectivity index (χ1v) is 8.03. The van der Waals surface area contributed by atoms with Gasteiger partial charge in [0.25, 0.3) is 0 Å². The summed E-state index contributed by atoms with van der Waals surface area (Å²) in [5.41, 5.74) is 7.66. The van der Waals surface area contributed by atoms with Crippen LogP contribution in [0.1, 0.15) is 12.0 Å². The Morgan fingerprint density at radius 2 is 1.04 bits per heavy atom. The van der Waals surface area contributed by atoms with Gasteiger partial charge < -0.3 is 0 Å². The lowest BCUT2D eigenvalue weighted by Crippen LogP contribution is -1.87. The molecular formula is C23H18. The van der Waals surface area contributed by atoms with Crippen LogP contribution in [0.4, 0.5) is 0 Å². The molecule has 0 fully saturated rings. The first-order chi connectivity index (χ1) is 11.4. The fourth-order valence-corrected chi connectivity index (χ4v) is 3.06. The van der Waals surface area contributed by atoms with E-state index in [9.17, 15) is 0 Å². The van der Waals surface area contributed by atoms with Crippen LogP contribution in [-0.4, -0.2) is 0 Å². The summed E-state index contributed by atoms with van der Waals surface area (Å²) in [5, 5.41) is 0. The van der Waals surface area contributed by atoms with Crippen LogP contribution in [-0.2, 0) is 0 Å². The highest BCUT2D eigenvalue weighted by atomic mass is 14.1. The van der Waals surface area contributed by atoms with E-state index >= 15 is 0 Å². The van der Waals surface area contributed by atoms with E-state index in [1.807, 2.05) is 0 Å². The molecule has 0 spiro atoms. The number of allylic oxidation sites excluding steroid dienone is 4. The molecule has 3 aromatic carbocycles. The molecule has 23 heavy (non-hydrogen) atoms. The SMILES string of the molecule is C1=CC(c2cc(-c3ccccc3)cc(-c3ccccc3)c2)=CC1. The van der Waals surface area contributed by atoms with Crippen LogP contribution in [0.2, 0.25) is 0 Å². The average molecular weight is 294 g/mol. The predicted molar refractivity (Wildman–Crippen MR) is 99.0 cm³/mol. The summed E-state index contributed by atoms with van der Waals surface area (Å²) in [7, 11) is 0. The molecule has 0 amide bonds. The molecule has 1 aliphatic carbocycles. The first kappa shape index (κ1) is 13.8. The summed E-state index contributed by atoms with van der Waals surface area (Å²) >= 11 is 0. The lowest BCUT2D eigenvalue weighted by molar-refractivity contribution is 1.45. The van der Waals surface area contributed by atoms with Crippen LogP contribution in [0.3, 0.4) is 0 Å². The normalized spacial score (nSPS) is 13.1. The zero-order valence-corrected chi connectivity index (χ0v) is 12.9. The zero-order valence-electron chi connectivity index (χ0n) is 12.9. The minimum absolute atomic E-state index is 1.03. The van der Waals surface area contributed by atoms with Gasteiger partial charge in [-0.25, -0.2) is 0 Å². The van der Waals surface area contributed by atoms with Crippen molar-refractivity contribution < 1.29 is 0 Å². The topological polar surface area (TPSA) is 0 Å². The third-order valence-electron chi connectivity index (χ3n) is 4.25. The van der Waals surface area contributed by atoms with Gasteiger partial charge in [0.2, 0.25) is 0 Å². The van der Waals surface area contributed by atoms with Crippen molar-refractivity contribution in [3.05, 3.63) is 103 Å². The molecule has 110 valence electrons. The second-order valence-corrected chi connectivity index (χ2v) is 5.83. The highest BCUT2D eigenvalue weighted by Crippen LogP contribution is 2.32. The minimum atomic E-state index is 1.03. The van der Waals surface area contributed by atoms with Gasteiger partial charge in [-0.05, 0) is 58.0 Å². The van der Waals surface area contributed by atoms with Crippen molar-refractivity contribution in [2.24, 2.45) is 0 Å². The smallest absolute Gasteiger partial charge is 0.0157 e. The summed E-state index contributed by atoms with van der Waals surface area (Å²) in [6, 6.07) is 28.1. The van der Waals surface area contributed by atoms with Crippen LogP contribution in [0.25, 0.3) is 27.8 Å². The van der Waals surface area contributed by atoms with Crippen molar-refractivity contribution in [2.45, 2.75) is 6.42 Å². The summed E-state index contributed by atoms with van der Waals surface area (Å²) < 4.78 is 0. The second-order valence-electron chi connectivity index (χ2n) is 5.83. The van der Waals surface area contributed by atoms with E-state index in [2.05, 4.69) is 97.1 Å². The van der Waals surface area contributed by atoms with E-state index in [4.69, 9.17) is 0 Å². The summed E-state index contributed by atoms with van der Waals surface area (Å²) in [5.74, 6) is 0. The lowest BCUT2D eigenvalue weighted by atomic mass is 9.93. The molecule has 0 unspecified atom stereocenters. The molecular weight excluding hydrogens is 276 g/mol. The monoisotopic (exact) mass is 294 g/mol. The summed E-state index contributed by atoms with van der Waals surface area (Å²) in [6.07, 6.45) is 7.76. The second kappa shape index (κ2) is 6.10. The predicted octanol–water partition coefficient (Wildman–Crippen LogP) is 6.36. The molecule has 4 rings (SSSR count). The minimum Gasteiger partial charge on any atom is -0.0801 e. The van der Waals surface area contributed by atoms with Gasteiger partial charge in [-0.15, -0.1) is 0 Å².